The Morgan fingerprint density at radius 3 is 2.41 bits per heavy atom. The molecule has 114 valence electrons. The van der Waals surface area contributed by atoms with Crippen molar-refractivity contribution in [1.82, 2.24) is 15.5 Å². The van der Waals surface area contributed by atoms with Crippen LogP contribution in [0.4, 0.5) is 4.79 Å². The first-order valence-electron chi connectivity index (χ1n) is 7.54. The van der Waals surface area contributed by atoms with Gasteiger partial charge in [-0.1, -0.05) is 30.3 Å². The lowest BCUT2D eigenvalue weighted by atomic mass is 9.94. The predicted molar refractivity (Wildman–Crippen MR) is 78.0 cm³/mol. The van der Waals surface area contributed by atoms with Crippen molar-refractivity contribution in [1.29, 1.82) is 0 Å². The molecule has 6 heteroatoms. The molecule has 2 saturated heterocycles. The number of hydrogen-bond acceptors (Lipinski definition) is 3. The number of nitrogens with zero attached hydrogens (tertiary/aromatic N) is 1. The van der Waals surface area contributed by atoms with E-state index in [0.29, 0.717) is 13.0 Å². The molecule has 2 heterocycles. The summed E-state index contributed by atoms with van der Waals surface area (Å²) in [5.41, 5.74) is -0.313. The van der Waals surface area contributed by atoms with Crippen molar-refractivity contribution in [3.05, 3.63) is 35.9 Å². The lowest BCUT2D eigenvalue weighted by Gasteiger charge is -2.25. The van der Waals surface area contributed by atoms with Gasteiger partial charge in [-0.15, -0.1) is 0 Å². The number of urea groups is 1. The molecule has 1 saturated carbocycles. The number of imide groups is 1. The second-order valence-corrected chi connectivity index (χ2v) is 6.42. The van der Waals surface area contributed by atoms with Crippen molar-refractivity contribution >= 4 is 17.8 Å². The smallest absolute Gasteiger partial charge is 0.322 e. The van der Waals surface area contributed by atoms with Gasteiger partial charge in [0.25, 0.3) is 5.91 Å². The van der Waals surface area contributed by atoms with Crippen LogP contribution in [0.3, 0.4) is 0 Å². The highest BCUT2D eigenvalue weighted by Gasteiger charge is 2.57. The van der Waals surface area contributed by atoms with E-state index in [4.69, 9.17) is 0 Å². The molecular formula is C16H17N3O3. The van der Waals surface area contributed by atoms with Crippen molar-refractivity contribution in [3.8, 4) is 0 Å². The highest BCUT2D eigenvalue weighted by Crippen LogP contribution is 2.50. The Kier molecular flexibility index (Phi) is 2.61. The van der Waals surface area contributed by atoms with Crippen LogP contribution in [0.1, 0.15) is 24.8 Å². The van der Waals surface area contributed by atoms with E-state index in [1.54, 1.807) is 4.90 Å². The van der Waals surface area contributed by atoms with Crippen LogP contribution in [-0.4, -0.2) is 41.4 Å². The average Bonchev–Trinajstić information content (AvgIpc) is 3.15. The van der Waals surface area contributed by atoms with Gasteiger partial charge in [-0.2, -0.15) is 0 Å². The van der Waals surface area contributed by atoms with E-state index in [0.717, 1.165) is 18.4 Å². The van der Waals surface area contributed by atoms with E-state index in [1.165, 1.54) is 0 Å². The van der Waals surface area contributed by atoms with Crippen LogP contribution in [0.25, 0.3) is 0 Å². The molecule has 3 aliphatic rings. The monoisotopic (exact) mass is 299 g/mol. The molecule has 1 aromatic rings. The van der Waals surface area contributed by atoms with Crippen LogP contribution in [0.5, 0.6) is 0 Å². The fourth-order valence-electron chi connectivity index (χ4n) is 3.61. The summed E-state index contributed by atoms with van der Waals surface area (Å²) in [7, 11) is 0. The summed E-state index contributed by atoms with van der Waals surface area (Å²) in [5, 5.41) is 4.95. The van der Waals surface area contributed by atoms with Gasteiger partial charge in [-0.25, -0.2) is 4.79 Å². The molecule has 1 atom stereocenters. The summed E-state index contributed by atoms with van der Waals surface area (Å²) < 4.78 is 0. The number of likely N-dealkylation sites (tertiary alicyclic amines) is 1. The van der Waals surface area contributed by atoms with Gasteiger partial charge in [0.15, 0.2) is 0 Å². The highest BCUT2D eigenvalue weighted by atomic mass is 16.2. The first-order valence-corrected chi connectivity index (χ1v) is 7.54. The minimum absolute atomic E-state index is 0.0736. The topological polar surface area (TPSA) is 78.5 Å². The molecule has 0 radical (unpaired) electrons. The Morgan fingerprint density at radius 1 is 1.09 bits per heavy atom. The number of benzene rings is 1. The molecule has 2 aliphatic heterocycles. The summed E-state index contributed by atoms with van der Waals surface area (Å²) in [6.07, 6.45) is 2.16. The Balaban J connectivity index is 1.56. The molecule has 22 heavy (non-hydrogen) atoms. The van der Waals surface area contributed by atoms with E-state index >= 15 is 0 Å². The number of hydrogen-bond donors (Lipinski definition) is 2. The Morgan fingerprint density at radius 2 is 1.82 bits per heavy atom. The summed E-state index contributed by atoms with van der Waals surface area (Å²) >= 11 is 0. The number of carbonyl (C=O) groups is 3. The van der Waals surface area contributed by atoms with Gasteiger partial charge in [-0.3, -0.25) is 14.9 Å². The standard InChI is InChI=1S/C16H17N3O3/c20-12-16(18-14(22)17-12)8-9-19(10-16)13(21)15(6-7-15)11-4-2-1-3-5-11/h1-5H,6-10H2,(H2,17,18,20,22)/t16-/m0/s1. The largest absolute Gasteiger partial charge is 0.339 e. The van der Waals surface area contributed by atoms with Crippen molar-refractivity contribution < 1.29 is 14.4 Å². The summed E-state index contributed by atoms with van der Waals surface area (Å²) in [6.45, 7) is 0.763. The molecular weight excluding hydrogens is 282 g/mol. The molecule has 4 amide bonds. The summed E-state index contributed by atoms with van der Waals surface area (Å²) in [6, 6.07) is 9.33. The fraction of sp³-hybridized carbons (Fsp3) is 0.438. The minimum atomic E-state index is -0.931. The normalized spacial score (nSPS) is 28.6. The zero-order chi connectivity index (χ0) is 15.4. The number of carbonyl (C=O) groups excluding carboxylic acids is 3. The second-order valence-electron chi connectivity index (χ2n) is 6.42. The van der Waals surface area contributed by atoms with Crippen LogP contribution in [-0.2, 0) is 15.0 Å². The van der Waals surface area contributed by atoms with Crippen LogP contribution < -0.4 is 10.6 Å². The first kappa shape index (κ1) is 13.3. The first-order chi connectivity index (χ1) is 10.6. The predicted octanol–water partition coefficient (Wildman–Crippen LogP) is 0.529. The van der Waals surface area contributed by atoms with Gasteiger partial charge >= 0.3 is 6.03 Å². The van der Waals surface area contributed by atoms with Crippen molar-refractivity contribution in [2.75, 3.05) is 13.1 Å². The maximum absolute atomic E-state index is 12.9. The molecule has 1 aliphatic carbocycles. The van der Waals surface area contributed by atoms with Crippen LogP contribution in [0.15, 0.2) is 30.3 Å². The molecule has 1 aromatic carbocycles. The third-order valence-electron chi connectivity index (χ3n) is 5.06. The number of amides is 4. The van der Waals surface area contributed by atoms with E-state index in [9.17, 15) is 14.4 Å². The zero-order valence-corrected chi connectivity index (χ0v) is 12.1. The second kappa shape index (κ2) is 4.32. The average molecular weight is 299 g/mol. The third kappa shape index (κ3) is 1.76. The van der Waals surface area contributed by atoms with Crippen molar-refractivity contribution in [3.63, 3.8) is 0 Å². The third-order valence-corrected chi connectivity index (χ3v) is 5.06. The molecule has 3 fully saturated rings. The van der Waals surface area contributed by atoms with Gasteiger partial charge in [0.2, 0.25) is 5.91 Å². The fourth-order valence-corrected chi connectivity index (χ4v) is 3.61. The highest BCUT2D eigenvalue weighted by molar-refractivity contribution is 6.08. The maximum Gasteiger partial charge on any atom is 0.322 e. The lowest BCUT2D eigenvalue weighted by Crippen LogP contribution is -2.50. The SMILES string of the molecule is O=C1NC(=O)[C@@]2(CCN(C(=O)C3(c4ccccc4)CC3)C2)N1. The lowest BCUT2D eigenvalue weighted by molar-refractivity contribution is -0.133. The quantitative estimate of drug-likeness (QED) is 0.782. The summed E-state index contributed by atoms with van der Waals surface area (Å²) in [4.78, 5) is 38.0. The van der Waals surface area contributed by atoms with E-state index in [1.807, 2.05) is 30.3 Å². The van der Waals surface area contributed by atoms with Crippen molar-refractivity contribution in [2.24, 2.45) is 0 Å². The van der Waals surface area contributed by atoms with Crippen molar-refractivity contribution in [2.45, 2.75) is 30.2 Å². The van der Waals surface area contributed by atoms with E-state index in [-0.39, 0.29) is 18.4 Å². The van der Waals surface area contributed by atoms with Gasteiger partial charge in [0.1, 0.15) is 5.54 Å². The van der Waals surface area contributed by atoms with Gasteiger partial charge in [-0.05, 0) is 24.8 Å². The summed E-state index contributed by atoms with van der Waals surface area (Å²) in [5.74, 6) is -0.248. The number of nitrogens with one attached hydrogen (secondary N) is 2. The van der Waals surface area contributed by atoms with E-state index in [2.05, 4.69) is 10.6 Å². The molecule has 1 spiro atoms. The van der Waals surface area contributed by atoms with Crippen LogP contribution in [0, 0.1) is 0 Å². The molecule has 6 nitrogen and oxygen atoms in total. The van der Waals surface area contributed by atoms with Gasteiger partial charge in [0, 0.05) is 6.54 Å². The molecule has 2 N–H and O–H groups in total. The Bertz CT molecular complexity index is 668. The van der Waals surface area contributed by atoms with Gasteiger partial charge in [0.05, 0.1) is 12.0 Å². The molecule has 0 unspecified atom stereocenters. The molecule has 4 rings (SSSR count). The molecule has 0 bridgehead atoms. The molecule has 0 aromatic heterocycles. The minimum Gasteiger partial charge on any atom is -0.339 e. The number of rotatable bonds is 2. The van der Waals surface area contributed by atoms with Crippen LogP contribution >= 0.6 is 0 Å². The van der Waals surface area contributed by atoms with E-state index < -0.39 is 17.0 Å². The van der Waals surface area contributed by atoms with Gasteiger partial charge < -0.3 is 10.2 Å². The Labute approximate surface area is 127 Å². The van der Waals surface area contributed by atoms with Crippen LogP contribution in [0.2, 0.25) is 0 Å². The maximum atomic E-state index is 12.9. The zero-order valence-electron chi connectivity index (χ0n) is 12.1. The Hall–Kier alpha value is -2.37.